The van der Waals surface area contributed by atoms with Crippen molar-refractivity contribution >= 4 is 5.69 Å². The number of benzene rings is 1. The van der Waals surface area contributed by atoms with E-state index in [4.69, 9.17) is 0 Å². The molecule has 1 N–H and O–H groups in total. The van der Waals surface area contributed by atoms with Crippen LogP contribution in [0.3, 0.4) is 0 Å². The van der Waals surface area contributed by atoms with Gasteiger partial charge >= 0.3 is 0 Å². The monoisotopic (exact) mass is 317 g/mol. The van der Waals surface area contributed by atoms with Crippen molar-refractivity contribution in [3.05, 3.63) is 29.8 Å². The van der Waals surface area contributed by atoms with Crippen molar-refractivity contribution in [1.29, 1.82) is 0 Å². The van der Waals surface area contributed by atoms with E-state index in [1.165, 1.54) is 37.2 Å². The van der Waals surface area contributed by atoms with E-state index < -0.39 is 0 Å². The zero-order valence-corrected chi connectivity index (χ0v) is 14.6. The highest BCUT2D eigenvalue weighted by atomic mass is 16.3. The number of rotatable bonds is 5. The first kappa shape index (κ1) is 16.7. The second-order valence-corrected chi connectivity index (χ2v) is 7.35. The Labute approximate surface area is 140 Å². The van der Waals surface area contributed by atoms with Crippen LogP contribution in [0.4, 0.5) is 5.69 Å². The Hall–Kier alpha value is -1.10. The second-order valence-electron chi connectivity index (χ2n) is 7.35. The minimum atomic E-state index is 0.327. The van der Waals surface area contributed by atoms with Gasteiger partial charge in [0, 0.05) is 38.5 Å². The highest BCUT2D eigenvalue weighted by Gasteiger charge is 2.25. The highest BCUT2D eigenvalue weighted by Crippen LogP contribution is 2.28. The predicted octanol–water partition coefficient (Wildman–Crippen LogP) is 2.03. The SMILES string of the molecule is CN1CCC(N(C)c2ccccc2CN2CCC(CO)C2)CC1. The lowest BCUT2D eigenvalue weighted by molar-refractivity contribution is 0.220. The fourth-order valence-corrected chi connectivity index (χ4v) is 4.01. The van der Waals surface area contributed by atoms with Crippen molar-refractivity contribution < 1.29 is 5.11 Å². The smallest absolute Gasteiger partial charge is 0.0471 e. The number of hydrogen-bond donors (Lipinski definition) is 1. The standard InChI is InChI=1S/C19H31N3O/c1-20-10-8-18(9-11-20)21(2)19-6-4-3-5-17(19)14-22-12-7-16(13-22)15-23/h3-6,16,18,23H,7-15H2,1-2H3. The normalized spacial score (nSPS) is 24.2. The molecule has 0 aromatic heterocycles. The molecule has 4 heteroatoms. The van der Waals surface area contributed by atoms with Crippen LogP contribution in [0.25, 0.3) is 0 Å². The molecule has 0 radical (unpaired) electrons. The van der Waals surface area contributed by atoms with Crippen LogP contribution in [-0.4, -0.2) is 67.8 Å². The van der Waals surface area contributed by atoms with Gasteiger partial charge in [0.05, 0.1) is 0 Å². The maximum Gasteiger partial charge on any atom is 0.0471 e. The molecule has 1 unspecified atom stereocenters. The van der Waals surface area contributed by atoms with Crippen LogP contribution in [0.1, 0.15) is 24.8 Å². The molecule has 4 nitrogen and oxygen atoms in total. The minimum Gasteiger partial charge on any atom is -0.396 e. The lowest BCUT2D eigenvalue weighted by atomic mass is 10.0. The Kier molecular flexibility index (Phi) is 5.57. The molecule has 2 heterocycles. The Morgan fingerprint density at radius 3 is 2.57 bits per heavy atom. The minimum absolute atomic E-state index is 0.327. The average molecular weight is 317 g/mol. The Bertz CT molecular complexity index is 499. The summed E-state index contributed by atoms with van der Waals surface area (Å²) >= 11 is 0. The summed E-state index contributed by atoms with van der Waals surface area (Å²) in [5, 5.41) is 9.35. The topological polar surface area (TPSA) is 30.0 Å². The van der Waals surface area contributed by atoms with E-state index in [0.29, 0.717) is 18.6 Å². The third kappa shape index (κ3) is 4.06. The van der Waals surface area contributed by atoms with Crippen molar-refractivity contribution in [3.8, 4) is 0 Å². The van der Waals surface area contributed by atoms with Gasteiger partial charge in [-0.15, -0.1) is 0 Å². The molecule has 23 heavy (non-hydrogen) atoms. The molecule has 0 amide bonds. The predicted molar refractivity (Wildman–Crippen MR) is 95.8 cm³/mol. The van der Waals surface area contributed by atoms with Gasteiger partial charge < -0.3 is 14.9 Å². The molecule has 0 spiro atoms. The van der Waals surface area contributed by atoms with Crippen molar-refractivity contribution in [2.75, 3.05) is 51.8 Å². The number of hydrogen-bond acceptors (Lipinski definition) is 4. The summed E-state index contributed by atoms with van der Waals surface area (Å²) in [7, 11) is 4.48. The van der Waals surface area contributed by atoms with E-state index in [1.54, 1.807) is 0 Å². The molecule has 2 saturated heterocycles. The molecular weight excluding hydrogens is 286 g/mol. The van der Waals surface area contributed by atoms with Gasteiger partial charge in [-0.2, -0.15) is 0 Å². The molecule has 2 aliphatic rings. The van der Waals surface area contributed by atoms with E-state index in [2.05, 4.69) is 53.1 Å². The summed E-state index contributed by atoms with van der Waals surface area (Å²) in [6.45, 7) is 5.86. The van der Waals surface area contributed by atoms with E-state index in [9.17, 15) is 5.11 Å². The van der Waals surface area contributed by atoms with Crippen LogP contribution in [0, 0.1) is 5.92 Å². The molecule has 2 aliphatic heterocycles. The van der Waals surface area contributed by atoms with Crippen LogP contribution in [0.5, 0.6) is 0 Å². The van der Waals surface area contributed by atoms with Crippen molar-refractivity contribution in [2.24, 2.45) is 5.92 Å². The van der Waals surface area contributed by atoms with Gasteiger partial charge in [-0.3, -0.25) is 4.90 Å². The molecule has 0 aliphatic carbocycles. The molecule has 3 rings (SSSR count). The highest BCUT2D eigenvalue weighted by molar-refractivity contribution is 5.54. The summed E-state index contributed by atoms with van der Waals surface area (Å²) in [6.07, 6.45) is 3.62. The number of aliphatic hydroxyl groups is 1. The molecular formula is C19H31N3O. The zero-order chi connectivity index (χ0) is 16.2. The Balaban J connectivity index is 1.68. The molecule has 2 fully saturated rings. The third-order valence-corrected chi connectivity index (χ3v) is 5.63. The fraction of sp³-hybridized carbons (Fsp3) is 0.684. The van der Waals surface area contributed by atoms with E-state index >= 15 is 0 Å². The van der Waals surface area contributed by atoms with Crippen LogP contribution in [-0.2, 0) is 6.54 Å². The Morgan fingerprint density at radius 2 is 1.87 bits per heavy atom. The van der Waals surface area contributed by atoms with E-state index in [-0.39, 0.29) is 0 Å². The maximum absolute atomic E-state index is 9.35. The van der Waals surface area contributed by atoms with Gasteiger partial charge in [-0.1, -0.05) is 18.2 Å². The summed E-state index contributed by atoms with van der Waals surface area (Å²) in [5.41, 5.74) is 2.81. The first-order valence-electron chi connectivity index (χ1n) is 9.00. The lowest BCUT2D eigenvalue weighted by Crippen LogP contribution is -2.42. The number of likely N-dealkylation sites (tertiary alicyclic amines) is 2. The lowest BCUT2D eigenvalue weighted by Gasteiger charge is -2.37. The van der Waals surface area contributed by atoms with Crippen LogP contribution in [0.15, 0.2) is 24.3 Å². The summed E-state index contributed by atoms with van der Waals surface area (Å²) in [5.74, 6) is 0.466. The van der Waals surface area contributed by atoms with Crippen molar-refractivity contribution in [3.63, 3.8) is 0 Å². The fourth-order valence-electron chi connectivity index (χ4n) is 4.01. The largest absolute Gasteiger partial charge is 0.396 e. The second kappa shape index (κ2) is 7.65. The van der Waals surface area contributed by atoms with E-state index in [1.807, 2.05) is 0 Å². The third-order valence-electron chi connectivity index (χ3n) is 5.63. The average Bonchev–Trinajstić information content (AvgIpc) is 3.03. The van der Waals surface area contributed by atoms with E-state index in [0.717, 1.165) is 26.1 Å². The molecule has 1 atom stereocenters. The summed E-state index contributed by atoms with van der Waals surface area (Å²) < 4.78 is 0. The summed E-state index contributed by atoms with van der Waals surface area (Å²) in [6, 6.07) is 9.50. The van der Waals surface area contributed by atoms with Gasteiger partial charge in [0.2, 0.25) is 0 Å². The molecule has 0 saturated carbocycles. The van der Waals surface area contributed by atoms with Crippen molar-refractivity contribution in [1.82, 2.24) is 9.80 Å². The van der Waals surface area contributed by atoms with Gasteiger partial charge in [-0.25, -0.2) is 0 Å². The molecule has 1 aromatic rings. The van der Waals surface area contributed by atoms with Gasteiger partial charge in [0.15, 0.2) is 0 Å². The molecule has 1 aromatic carbocycles. The van der Waals surface area contributed by atoms with Gasteiger partial charge in [-0.05, 0) is 63.5 Å². The van der Waals surface area contributed by atoms with Crippen molar-refractivity contribution in [2.45, 2.75) is 31.8 Å². The Morgan fingerprint density at radius 1 is 1.13 bits per heavy atom. The number of aliphatic hydroxyl groups excluding tert-OH is 1. The van der Waals surface area contributed by atoms with Crippen LogP contribution >= 0.6 is 0 Å². The van der Waals surface area contributed by atoms with Gasteiger partial charge in [0.1, 0.15) is 0 Å². The summed E-state index contributed by atoms with van der Waals surface area (Å²) in [4.78, 5) is 7.42. The number of para-hydroxylation sites is 1. The first-order chi connectivity index (χ1) is 11.2. The molecule has 128 valence electrons. The number of nitrogens with zero attached hydrogens (tertiary/aromatic N) is 3. The number of anilines is 1. The van der Waals surface area contributed by atoms with Crippen LogP contribution in [0.2, 0.25) is 0 Å². The zero-order valence-electron chi connectivity index (χ0n) is 14.6. The molecule has 0 bridgehead atoms. The van der Waals surface area contributed by atoms with Gasteiger partial charge in [0.25, 0.3) is 0 Å². The number of piperidine rings is 1. The van der Waals surface area contributed by atoms with Crippen LogP contribution < -0.4 is 4.90 Å². The quantitative estimate of drug-likeness (QED) is 0.900. The maximum atomic E-state index is 9.35. The first-order valence-corrected chi connectivity index (χ1v) is 9.00.